The summed E-state index contributed by atoms with van der Waals surface area (Å²) < 4.78 is 35.8. The zero-order chi connectivity index (χ0) is 15.1. The maximum Gasteiger partial charge on any atom is 0.471 e. The molecule has 0 saturated heterocycles. The highest BCUT2D eigenvalue weighted by molar-refractivity contribution is 6.40. The number of carbonyl (C=O) groups is 1. The maximum absolute atomic E-state index is 11.9. The highest BCUT2D eigenvalue weighted by Crippen LogP contribution is 2.23. The summed E-state index contributed by atoms with van der Waals surface area (Å²) in [7, 11) is 0. The van der Waals surface area contributed by atoms with Crippen molar-refractivity contribution in [3.05, 3.63) is 28.8 Å². The van der Waals surface area contributed by atoms with Gasteiger partial charge in [-0.1, -0.05) is 11.6 Å². The number of hydrogen-bond donors (Lipinski definition) is 1. The fraction of sp³-hybridized carbons (Fsp3) is 0.200. The fourth-order valence-electron chi connectivity index (χ4n) is 0.911. The van der Waals surface area contributed by atoms with Gasteiger partial charge in [-0.05, 0) is 18.2 Å². The van der Waals surface area contributed by atoms with E-state index in [1.165, 1.54) is 6.07 Å². The van der Waals surface area contributed by atoms with Gasteiger partial charge in [0.2, 0.25) is 0 Å². The first kappa shape index (κ1) is 17.8. The highest BCUT2D eigenvalue weighted by atomic mass is 35.5. The monoisotopic (exact) mass is 332 g/mol. The van der Waals surface area contributed by atoms with Crippen LogP contribution in [0, 0.1) is 11.3 Å². The van der Waals surface area contributed by atoms with E-state index in [2.05, 4.69) is 0 Å². The standard InChI is InChI=1S/C9H4ClF3N2O.CH2Cl2/c10-6-1-2-7(5(3-6)4-14)15-8(16)9(11,12)13;2-1-3/h1-3H,(H,15,16);1H2. The highest BCUT2D eigenvalue weighted by Gasteiger charge is 2.38. The third kappa shape index (κ3) is 6.53. The van der Waals surface area contributed by atoms with Gasteiger partial charge in [-0.25, -0.2) is 0 Å². The quantitative estimate of drug-likeness (QED) is 0.786. The summed E-state index contributed by atoms with van der Waals surface area (Å²) >= 11 is 15.1. The molecule has 0 saturated carbocycles. The molecule has 0 aliphatic carbocycles. The van der Waals surface area contributed by atoms with Crippen molar-refractivity contribution in [2.24, 2.45) is 0 Å². The zero-order valence-electron chi connectivity index (χ0n) is 9.06. The number of anilines is 1. The van der Waals surface area contributed by atoms with Crippen molar-refractivity contribution in [3.63, 3.8) is 0 Å². The molecule has 1 aromatic rings. The van der Waals surface area contributed by atoms with Crippen LogP contribution in [0.25, 0.3) is 0 Å². The van der Waals surface area contributed by atoms with Gasteiger partial charge >= 0.3 is 12.1 Å². The molecule has 0 radical (unpaired) electrons. The zero-order valence-corrected chi connectivity index (χ0v) is 11.3. The Hall–Kier alpha value is -1.16. The predicted octanol–water partition coefficient (Wildman–Crippen LogP) is 4.13. The second-order valence-electron chi connectivity index (χ2n) is 2.85. The van der Waals surface area contributed by atoms with Crippen LogP contribution in [0.4, 0.5) is 18.9 Å². The molecule has 0 aliphatic heterocycles. The first-order valence-electron chi connectivity index (χ1n) is 4.46. The summed E-state index contributed by atoms with van der Waals surface area (Å²) in [5.41, 5.74) is -0.362. The Morgan fingerprint density at radius 1 is 1.37 bits per heavy atom. The Morgan fingerprint density at radius 2 is 1.89 bits per heavy atom. The van der Waals surface area contributed by atoms with Crippen LogP contribution in [0.2, 0.25) is 5.02 Å². The molecule has 19 heavy (non-hydrogen) atoms. The van der Waals surface area contributed by atoms with E-state index in [-0.39, 0.29) is 21.6 Å². The van der Waals surface area contributed by atoms with Crippen molar-refractivity contribution in [2.45, 2.75) is 6.18 Å². The van der Waals surface area contributed by atoms with Crippen molar-refractivity contribution < 1.29 is 18.0 Å². The minimum atomic E-state index is -4.99. The van der Waals surface area contributed by atoms with Crippen LogP contribution in [0.15, 0.2) is 18.2 Å². The summed E-state index contributed by atoms with van der Waals surface area (Å²) in [6.07, 6.45) is -4.99. The van der Waals surface area contributed by atoms with Crippen LogP contribution in [0.5, 0.6) is 0 Å². The molecule has 9 heteroatoms. The van der Waals surface area contributed by atoms with E-state index < -0.39 is 12.1 Å². The number of rotatable bonds is 1. The van der Waals surface area contributed by atoms with Crippen LogP contribution in [-0.2, 0) is 4.79 Å². The lowest BCUT2D eigenvalue weighted by Crippen LogP contribution is -2.30. The van der Waals surface area contributed by atoms with Gasteiger partial charge in [0.15, 0.2) is 0 Å². The lowest BCUT2D eigenvalue weighted by molar-refractivity contribution is -0.167. The number of nitrogens with zero attached hydrogens (tertiary/aromatic N) is 1. The summed E-state index contributed by atoms with van der Waals surface area (Å²) in [6.45, 7) is 0. The van der Waals surface area contributed by atoms with Gasteiger partial charge in [0, 0.05) is 5.02 Å². The molecular formula is C10H6Cl3F3N2O. The van der Waals surface area contributed by atoms with E-state index in [0.717, 1.165) is 12.1 Å². The molecule has 0 atom stereocenters. The van der Waals surface area contributed by atoms with Crippen LogP contribution in [0.1, 0.15) is 5.56 Å². The third-order valence-corrected chi connectivity index (χ3v) is 1.84. The third-order valence-electron chi connectivity index (χ3n) is 1.61. The number of amides is 1. The molecular weight excluding hydrogens is 327 g/mol. The van der Waals surface area contributed by atoms with Gasteiger partial charge in [-0.2, -0.15) is 18.4 Å². The molecule has 0 unspecified atom stereocenters. The lowest BCUT2D eigenvalue weighted by Gasteiger charge is -2.09. The van der Waals surface area contributed by atoms with Gasteiger partial charge in [0.05, 0.1) is 16.6 Å². The van der Waals surface area contributed by atoms with Crippen molar-refractivity contribution in [2.75, 3.05) is 10.7 Å². The number of hydrogen-bond acceptors (Lipinski definition) is 2. The Kier molecular flexibility index (Phi) is 7.61. The molecule has 0 fully saturated rings. The molecule has 104 valence electrons. The molecule has 0 aliphatic rings. The number of carbonyl (C=O) groups excluding carboxylic acids is 1. The number of nitriles is 1. The van der Waals surface area contributed by atoms with E-state index in [4.69, 9.17) is 40.1 Å². The normalized spacial score (nSPS) is 9.95. The average Bonchev–Trinajstić information content (AvgIpc) is 2.31. The smallest absolute Gasteiger partial charge is 0.317 e. The van der Waals surface area contributed by atoms with Crippen molar-refractivity contribution in [3.8, 4) is 6.07 Å². The first-order chi connectivity index (χ1) is 8.76. The topological polar surface area (TPSA) is 52.9 Å². The minimum absolute atomic E-state index is 0.134. The largest absolute Gasteiger partial charge is 0.471 e. The van der Waals surface area contributed by atoms with E-state index in [9.17, 15) is 18.0 Å². The Morgan fingerprint density at radius 3 is 2.32 bits per heavy atom. The Labute approximate surface area is 121 Å². The summed E-state index contributed by atoms with van der Waals surface area (Å²) in [5.74, 6) is -2.13. The second-order valence-corrected chi connectivity index (χ2v) is 4.10. The minimum Gasteiger partial charge on any atom is -0.317 e. The van der Waals surface area contributed by atoms with Gasteiger partial charge < -0.3 is 5.32 Å². The van der Waals surface area contributed by atoms with Crippen LogP contribution in [-0.4, -0.2) is 17.4 Å². The molecule has 1 rings (SSSR count). The van der Waals surface area contributed by atoms with E-state index in [1.807, 2.05) is 0 Å². The van der Waals surface area contributed by atoms with Crippen molar-refractivity contribution >= 4 is 46.4 Å². The second kappa shape index (κ2) is 8.10. The van der Waals surface area contributed by atoms with Crippen molar-refractivity contribution in [1.82, 2.24) is 0 Å². The SMILES string of the molecule is ClCCl.N#Cc1cc(Cl)ccc1NC(=O)C(F)(F)F. The van der Waals surface area contributed by atoms with Crippen molar-refractivity contribution in [1.29, 1.82) is 5.26 Å². The summed E-state index contributed by atoms with van der Waals surface area (Å²) in [4.78, 5) is 10.6. The first-order valence-corrected chi connectivity index (χ1v) is 5.90. The summed E-state index contributed by atoms with van der Waals surface area (Å²) in [6, 6.07) is 5.19. The maximum atomic E-state index is 11.9. The molecule has 1 aromatic carbocycles. The van der Waals surface area contributed by atoms with Gasteiger partial charge in [0.25, 0.3) is 0 Å². The number of benzene rings is 1. The molecule has 0 aromatic heterocycles. The van der Waals surface area contributed by atoms with Gasteiger partial charge in [0.1, 0.15) is 6.07 Å². The Bertz CT molecular complexity index is 486. The predicted molar refractivity (Wildman–Crippen MR) is 67.4 cm³/mol. The van der Waals surface area contributed by atoms with Gasteiger partial charge in [-0.3, -0.25) is 4.79 Å². The summed E-state index contributed by atoms with van der Waals surface area (Å²) in [5, 5.41) is 10.6. The number of alkyl halides is 5. The Balaban J connectivity index is 0.000000982. The number of nitrogens with one attached hydrogen (secondary N) is 1. The van der Waals surface area contributed by atoms with Crippen LogP contribution >= 0.6 is 34.8 Å². The van der Waals surface area contributed by atoms with Gasteiger partial charge in [-0.15, -0.1) is 23.2 Å². The van der Waals surface area contributed by atoms with E-state index >= 15 is 0 Å². The van der Waals surface area contributed by atoms with E-state index in [0.29, 0.717) is 0 Å². The molecule has 1 amide bonds. The van der Waals surface area contributed by atoms with Crippen LogP contribution < -0.4 is 5.32 Å². The lowest BCUT2D eigenvalue weighted by atomic mass is 10.2. The molecule has 1 N–H and O–H groups in total. The fourth-order valence-corrected chi connectivity index (χ4v) is 1.08. The molecule has 0 bridgehead atoms. The average molecular weight is 334 g/mol. The molecule has 3 nitrogen and oxygen atoms in total. The number of halogens is 6. The van der Waals surface area contributed by atoms with Crippen LogP contribution in [0.3, 0.4) is 0 Å². The van der Waals surface area contributed by atoms with E-state index in [1.54, 1.807) is 11.4 Å². The molecule has 0 spiro atoms. The molecule has 0 heterocycles.